The van der Waals surface area contributed by atoms with Gasteiger partial charge in [0.05, 0.1) is 0 Å². The van der Waals surface area contributed by atoms with E-state index < -0.39 is 0 Å². The van der Waals surface area contributed by atoms with Crippen molar-refractivity contribution in [3.05, 3.63) is 59.6 Å². The average molecular weight is 252 g/mol. The Bertz CT molecular complexity index is 646. The Morgan fingerprint density at radius 2 is 1.78 bits per heavy atom. The van der Waals surface area contributed by atoms with Crippen molar-refractivity contribution in [1.29, 1.82) is 0 Å². The number of aromatic nitrogens is 2. The predicted octanol–water partition coefficient (Wildman–Crippen LogP) is 4.18. The van der Waals surface area contributed by atoms with Crippen LogP contribution in [0.25, 0.3) is 21.7 Å². The number of hydrogen-bond acceptors (Lipinski definition) is 3. The van der Waals surface area contributed by atoms with Crippen LogP contribution < -0.4 is 0 Å². The van der Waals surface area contributed by atoms with Crippen LogP contribution in [0.1, 0.15) is 5.56 Å². The van der Waals surface area contributed by atoms with Crippen molar-refractivity contribution in [3.63, 3.8) is 0 Å². The molecule has 1 heterocycles. The zero-order valence-corrected chi connectivity index (χ0v) is 10.8. The van der Waals surface area contributed by atoms with Crippen molar-refractivity contribution in [1.82, 2.24) is 10.2 Å². The summed E-state index contributed by atoms with van der Waals surface area (Å²) < 4.78 is 0. The first-order valence-electron chi connectivity index (χ1n) is 5.77. The second-order valence-electron chi connectivity index (χ2n) is 4.14. The molecule has 2 aromatic carbocycles. The molecule has 0 saturated carbocycles. The van der Waals surface area contributed by atoms with Crippen molar-refractivity contribution in [2.45, 2.75) is 6.92 Å². The minimum Gasteiger partial charge on any atom is -0.147 e. The lowest BCUT2D eigenvalue weighted by atomic mass is 9.98. The number of benzene rings is 2. The molecule has 0 aliphatic heterocycles. The van der Waals surface area contributed by atoms with Crippen molar-refractivity contribution < 1.29 is 0 Å². The van der Waals surface area contributed by atoms with Crippen LogP contribution in [0.4, 0.5) is 0 Å². The molecule has 0 aliphatic carbocycles. The molecular formula is C15H12N2S. The third-order valence-corrected chi connectivity index (χ3v) is 3.67. The summed E-state index contributed by atoms with van der Waals surface area (Å²) in [6.45, 7) is 2.13. The molecule has 0 spiro atoms. The molecule has 0 amide bonds. The summed E-state index contributed by atoms with van der Waals surface area (Å²) in [7, 11) is 0. The van der Waals surface area contributed by atoms with Crippen molar-refractivity contribution in [3.8, 4) is 21.7 Å². The van der Waals surface area contributed by atoms with Gasteiger partial charge in [0.15, 0.2) is 0 Å². The molecule has 3 rings (SSSR count). The van der Waals surface area contributed by atoms with E-state index in [0.29, 0.717) is 0 Å². The van der Waals surface area contributed by atoms with Gasteiger partial charge in [-0.3, -0.25) is 0 Å². The van der Waals surface area contributed by atoms with Crippen LogP contribution in [0.2, 0.25) is 0 Å². The zero-order valence-electron chi connectivity index (χ0n) is 10.00. The first kappa shape index (κ1) is 11.1. The molecule has 0 fully saturated rings. The molecule has 88 valence electrons. The summed E-state index contributed by atoms with van der Waals surface area (Å²) in [6, 6.07) is 16.8. The molecule has 0 bridgehead atoms. The summed E-state index contributed by atoms with van der Waals surface area (Å²) in [5, 5.41) is 8.98. The molecule has 0 unspecified atom stereocenters. The highest BCUT2D eigenvalue weighted by Gasteiger charge is 2.06. The van der Waals surface area contributed by atoms with E-state index in [1.807, 2.05) is 6.07 Å². The number of hydrogen-bond donors (Lipinski definition) is 0. The zero-order chi connectivity index (χ0) is 12.4. The van der Waals surface area contributed by atoms with Crippen molar-refractivity contribution >= 4 is 11.3 Å². The molecule has 0 radical (unpaired) electrons. The maximum Gasteiger partial charge on any atom is 0.147 e. The molecule has 0 aliphatic rings. The Labute approximate surface area is 110 Å². The van der Waals surface area contributed by atoms with Crippen LogP contribution in [0, 0.1) is 6.92 Å². The number of aryl methyl sites for hydroxylation is 1. The minimum absolute atomic E-state index is 0.965. The topological polar surface area (TPSA) is 25.8 Å². The highest BCUT2D eigenvalue weighted by molar-refractivity contribution is 7.12. The maximum atomic E-state index is 4.12. The summed E-state index contributed by atoms with van der Waals surface area (Å²) in [5.74, 6) is 0. The third-order valence-electron chi connectivity index (χ3n) is 2.93. The fraction of sp³-hybridized carbons (Fsp3) is 0.0667. The van der Waals surface area contributed by atoms with Crippen LogP contribution in [0.3, 0.4) is 0 Å². The molecule has 0 N–H and O–H groups in total. The molecule has 3 aromatic rings. The normalized spacial score (nSPS) is 10.5. The van der Waals surface area contributed by atoms with Gasteiger partial charge in [0.2, 0.25) is 0 Å². The molecular weight excluding hydrogens is 240 g/mol. The predicted molar refractivity (Wildman–Crippen MR) is 75.5 cm³/mol. The van der Waals surface area contributed by atoms with E-state index in [1.54, 1.807) is 16.8 Å². The Kier molecular flexibility index (Phi) is 2.90. The lowest BCUT2D eigenvalue weighted by Gasteiger charge is -2.07. The standard InChI is InChI=1S/C15H12N2S/c1-11-7-8-13(15-17-16-10-18-15)9-14(11)12-5-3-2-4-6-12/h2-10H,1H3. The summed E-state index contributed by atoms with van der Waals surface area (Å²) in [6.07, 6.45) is 0. The molecule has 18 heavy (non-hydrogen) atoms. The lowest BCUT2D eigenvalue weighted by molar-refractivity contribution is 1.10. The van der Waals surface area contributed by atoms with Crippen LogP contribution >= 0.6 is 11.3 Å². The van der Waals surface area contributed by atoms with Gasteiger partial charge in [0.25, 0.3) is 0 Å². The lowest BCUT2D eigenvalue weighted by Crippen LogP contribution is -1.85. The largest absolute Gasteiger partial charge is 0.147 e. The Hall–Kier alpha value is -2.00. The molecule has 1 aromatic heterocycles. The second kappa shape index (κ2) is 4.70. The van der Waals surface area contributed by atoms with Crippen molar-refractivity contribution in [2.75, 3.05) is 0 Å². The van der Waals surface area contributed by atoms with E-state index in [1.165, 1.54) is 16.7 Å². The maximum absolute atomic E-state index is 4.12. The van der Waals surface area contributed by atoms with Gasteiger partial charge in [-0.05, 0) is 29.7 Å². The summed E-state index contributed by atoms with van der Waals surface area (Å²) in [5.41, 5.74) is 6.65. The van der Waals surface area contributed by atoms with Crippen LogP contribution in [0.5, 0.6) is 0 Å². The SMILES string of the molecule is Cc1ccc(-c2nncs2)cc1-c1ccccc1. The van der Waals surface area contributed by atoms with E-state index in [-0.39, 0.29) is 0 Å². The molecule has 3 heteroatoms. The van der Waals surface area contributed by atoms with E-state index >= 15 is 0 Å². The van der Waals surface area contributed by atoms with Crippen LogP contribution in [0.15, 0.2) is 54.0 Å². The Morgan fingerprint density at radius 1 is 0.944 bits per heavy atom. The first-order valence-corrected chi connectivity index (χ1v) is 6.65. The molecule has 2 nitrogen and oxygen atoms in total. The minimum atomic E-state index is 0.965. The van der Waals surface area contributed by atoms with Gasteiger partial charge in [-0.25, -0.2) is 0 Å². The van der Waals surface area contributed by atoms with Gasteiger partial charge in [-0.15, -0.1) is 10.2 Å². The van der Waals surface area contributed by atoms with Crippen molar-refractivity contribution in [2.24, 2.45) is 0 Å². The molecule has 0 saturated heterocycles. The van der Waals surface area contributed by atoms with E-state index in [2.05, 4.69) is 59.6 Å². The first-order chi connectivity index (χ1) is 8.84. The van der Waals surface area contributed by atoms with Crippen LogP contribution in [-0.4, -0.2) is 10.2 Å². The van der Waals surface area contributed by atoms with Gasteiger partial charge in [-0.1, -0.05) is 53.8 Å². The van der Waals surface area contributed by atoms with Crippen LogP contribution in [-0.2, 0) is 0 Å². The monoisotopic (exact) mass is 252 g/mol. The van der Waals surface area contributed by atoms with Gasteiger partial charge < -0.3 is 0 Å². The Morgan fingerprint density at radius 3 is 2.50 bits per heavy atom. The summed E-state index contributed by atoms with van der Waals surface area (Å²) >= 11 is 1.56. The van der Waals surface area contributed by atoms with Gasteiger partial charge in [-0.2, -0.15) is 0 Å². The van der Waals surface area contributed by atoms with Gasteiger partial charge >= 0.3 is 0 Å². The number of rotatable bonds is 2. The highest BCUT2D eigenvalue weighted by atomic mass is 32.1. The van der Waals surface area contributed by atoms with Gasteiger partial charge in [0, 0.05) is 5.56 Å². The van der Waals surface area contributed by atoms with E-state index in [4.69, 9.17) is 0 Å². The highest BCUT2D eigenvalue weighted by Crippen LogP contribution is 2.29. The average Bonchev–Trinajstić information content (AvgIpc) is 2.94. The van der Waals surface area contributed by atoms with Gasteiger partial charge in [0.1, 0.15) is 10.5 Å². The number of nitrogens with zero attached hydrogens (tertiary/aromatic N) is 2. The second-order valence-corrected chi connectivity index (χ2v) is 4.97. The van der Waals surface area contributed by atoms with E-state index in [9.17, 15) is 0 Å². The fourth-order valence-corrected chi connectivity index (χ4v) is 2.53. The smallest absolute Gasteiger partial charge is 0.147 e. The summed E-state index contributed by atoms with van der Waals surface area (Å²) in [4.78, 5) is 0. The fourth-order valence-electron chi connectivity index (χ4n) is 1.98. The third kappa shape index (κ3) is 2.05. The Balaban J connectivity index is 2.13. The molecule has 0 atom stereocenters. The quantitative estimate of drug-likeness (QED) is 0.683. The van der Waals surface area contributed by atoms with E-state index in [0.717, 1.165) is 10.6 Å².